The summed E-state index contributed by atoms with van der Waals surface area (Å²) in [6.45, 7) is 0. The number of carbonyl (C=O) groups excluding carboxylic acids is 1. The van der Waals surface area contributed by atoms with Crippen LogP contribution in [0, 0.1) is 17.1 Å². The number of rotatable bonds is 3. The third kappa shape index (κ3) is 3.17. The molecule has 0 aliphatic rings. The van der Waals surface area contributed by atoms with Crippen molar-refractivity contribution in [2.45, 2.75) is 6.10 Å². The zero-order valence-corrected chi connectivity index (χ0v) is 9.92. The number of halogens is 1. The van der Waals surface area contributed by atoms with E-state index in [2.05, 4.69) is 0 Å². The van der Waals surface area contributed by atoms with Crippen LogP contribution >= 0.6 is 0 Å². The summed E-state index contributed by atoms with van der Waals surface area (Å²) >= 11 is 0. The standard InChI is InChI=1S/C15H10FNO2/c16-13-8-6-11(7-9-13)14(10-17)19-15(18)12-4-2-1-3-5-12/h1-9,14H/t14-/m0/s1. The molecule has 0 aliphatic heterocycles. The predicted octanol–water partition coefficient (Wildman–Crippen LogP) is 3.25. The molecule has 0 amide bonds. The molecule has 0 bridgehead atoms. The van der Waals surface area contributed by atoms with Crippen LogP contribution in [0.2, 0.25) is 0 Å². The number of nitriles is 1. The fraction of sp³-hybridized carbons (Fsp3) is 0.0667. The van der Waals surface area contributed by atoms with Gasteiger partial charge in [-0.25, -0.2) is 9.18 Å². The summed E-state index contributed by atoms with van der Waals surface area (Å²) < 4.78 is 17.9. The number of hydrogen-bond acceptors (Lipinski definition) is 3. The molecule has 0 heterocycles. The maximum Gasteiger partial charge on any atom is 0.339 e. The molecule has 0 spiro atoms. The summed E-state index contributed by atoms with van der Waals surface area (Å²) in [5.41, 5.74) is 0.804. The van der Waals surface area contributed by atoms with Gasteiger partial charge in [0.1, 0.15) is 11.9 Å². The molecule has 1 atom stereocenters. The van der Waals surface area contributed by atoms with E-state index in [9.17, 15) is 9.18 Å². The minimum Gasteiger partial charge on any atom is -0.438 e. The van der Waals surface area contributed by atoms with E-state index in [0.717, 1.165) is 0 Å². The van der Waals surface area contributed by atoms with E-state index in [1.165, 1.54) is 24.3 Å². The maximum atomic E-state index is 12.8. The van der Waals surface area contributed by atoms with Crippen LogP contribution < -0.4 is 0 Å². The third-order valence-electron chi connectivity index (χ3n) is 2.52. The van der Waals surface area contributed by atoms with Gasteiger partial charge in [0.15, 0.2) is 0 Å². The molecule has 4 heteroatoms. The molecule has 19 heavy (non-hydrogen) atoms. The normalized spacial score (nSPS) is 11.4. The largest absolute Gasteiger partial charge is 0.438 e. The van der Waals surface area contributed by atoms with Gasteiger partial charge in [-0.15, -0.1) is 0 Å². The number of nitrogens with zero attached hydrogens (tertiary/aromatic N) is 1. The van der Waals surface area contributed by atoms with Crippen LogP contribution in [0.1, 0.15) is 22.0 Å². The molecule has 2 aromatic rings. The van der Waals surface area contributed by atoms with Crippen molar-refractivity contribution < 1.29 is 13.9 Å². The lowest BCUT2D eigenvalue weighted by Crippen LogP contribution is -2.10. The lowest BCUT2D eigenvalue weighted by molar-refractivity contribution is 0.0404. The van der Waals surface area contributed by atoms with Crippen LogP contribution in [0.25, 0.3) is 0 Å². The third-order valence-corrected chi connectivity index (χ3v) is 2.52. The van der Waals surface area contributed by atoms with E-state index in [4.69, 9.17) is 10.00 Å². The Kier molecular flexibility index (Phi) is 3.89. The Balaban J connectivity index is 2.14. The molecule has 0 N–H and O–H groups in total. The molecule has 3 nitrogen and oxygen atoms in total. The molecule has 0 aliphatic carbocycles. The van der Waals surface area contributed by atoms with E-state index in [0.29, 0.717) is 11.1 Å². The molecule has 0 saturated carbocycles. The van der Waals surface area contributed by atoms with Crippen LogP contribution in [-0.4, -0.2) is 5.97 Å². The molecular formula is C15H10FNO2. The van der Waals surface area contributed by atoms with Gasteiger partial charge in [-0.05, 0) is 24.3 Å². The predicted molar refractivity (Wildman–Crippen MR) is 66.6 cm³/mol. The molecule has 0 saturated heterocycles. The van der Waals surface area contributed by atoms with Gasteiger partial charge in [0.25, 0.3) is 0 Å². The molecule has 94 valence electrons. The van der Waals surface area contributed by atoms with Gasteiger partial charge in [-0.2, -0.15) is 5.26 Å². The number of benzene rings is 2. The minimum atomic E-state index is -1.05. The highest BCUT2D eigenvalue weighted by molar-refractivity contribution is 5.89. The number of hydrogen-bond donors (Lipinski definition) is 0. The van der Waals surface area contributed by atoms with Crippen LogP contribution in [0.4, 0.5) is 4.39 Å². The summed E-state index contributed by atoms with van der Waals surface area (Å²) in [6.07, 6.45) is -1.05. The van der Waals surface area contributed by atoms with E-state index < -0.39 is 17.9 Å². The Morgan fingerprint density at radius 1 is 1.11 bits per heavy atom. The summed E-state index contributed by atoms with van der Waals surface area (Å²) in [5, 5.41) is 9.02. The first-order chi connectivity index (χ1) is 9.20. The molecule has 0 unspecified atom stereocenters. The first-order valence-electron chi connectivity index (χ1n) is 5.62. The molecule has 0 aromatic heterocycles. The molecule has 2 rings (SSSR count). The van der Waals surface area contributed by atoms with Crippen molar-refractivity contribution in [3.63, 3.8) is 0 Å². The zero-order chi connectivity index (χ0) is 13.7. The van der Waals surface area contributed by atoms with E-state index >= 15 is 0 Å². The lowest BCUT2D eigenvalue weighted by Gasteiger charge is -2.11. The molecule has 0 radical (unpaired) electrons. The second-order valence-electron chi connectivity index (χ2n) is 3.83. The van der Waals surface area contributed by atoms with Gasteiger partial charge in [-0.1, -0.05) is 30.3 Å². The fourth-order valence-electron chi connectivity index (χ4n) is 1.56. The quantitative estimate of drug-likeness (QED) is 0.791. The Bertz CT molecular complexity index is 602. The summed E-state index contributed by atoms with van der Waals surface area (Å²) in [6, 6.07) is 15.5. The smallest absolute Gasteiger partial charge is 0.339 e. The first-order valence-corrected chi connectivity index (χ1v) is 5.62. The number of carbonyl (C=O) groups is 1. The van der Waals surface area contributed by atoms with E-state index in [-0.39, 0.29) is 0 Å². The van der Waals surface area contributed by atoms with Crippen LogP contribution in [0.5, 0.6) is 0 Å². The van der Waals surface area contributed by atoms with Gasteiger partial charge in [0.2, 0.25) is 6.10 Å². The Morgan fingerprint density at radius 2 is 1.74 bits per heavy atom. The highest BCUT2D eigenvalue weighted by Gasteiger charge is 2.17. The minimum absolute atomic E-state index is 0.366. The van der Waals surface area contributed by atoms with E-state index in [1.54, 1.807) is 30.3 Å². The SMILES string of the molecule is N#C[C@H](OC(=O)c1ccccc1)c1ccc(F)cc1. The second kappa shape index (κ2) is 5.78. The van der Waals surface area contributed by atoms with Crippen molar-refractivity contribution in [3.05, 3.63) is 71.5 Å². The first kappa shape index (κ1) is 12.8. The highest BCUT2D eigenvalue weighted by Crippen LogP contribution is 2.18. The fourth-order valence-corrected chi connectivity index (χ4v) is 1.56. The van der Waals surface area contributed by atoms with Gasteiger partial charge in [-0.3, -0.25) is 0 Å². The molecular weight excluding hydrogens is 245 g/mol. The summed E-state index contributed by atoms with van der Waals surface area (Å²) in [7, 11) is 0. The van der Waals surface area contributed by atoms with Crippen LogP contribution in [-0.2, 0) is 4.74 Å². The summed E-state index contributed by atoms with van der Waals surface area (Å²) in [4.78, 5) is 11.8. The second-order valence-corrected chi connectivity index (χ2v) is 3.83. The van der Waals surface area contributed by atoms with Crippen molar-refractivity contribution in [2.24, 2.45) is 0 Å². The molecule has 0 fully saturated rings. The maximum absolute atomic E-state index is 12.8. The van der Waals surface area contributed by atoms with Gasteiger partial charge in [0.05, 0.1) is 5.56 Å². The Morgan fingerprint density at radius 3 is 2.32 bits per heavy atom. The average Bonchev–Trinajstić information content (AvgIpc) is 2.46. The highest BCUT2D eigenvalue weighted by atomic mass is 19.1. The van der Waals surface area contributed by atoms with Crippen molar-refractivity contribution in [2.75, 3.05) is 0 Å². The van der Waals surface area contributed by atoms with Crippen molar-refractivity contribution in [3.8, 4) is 6.07 Å². The Labute approximate surface area is 109 Å². The summed E-state index contributed by atoms with van der Waals surface area (Å²) in [5.74, 6) is -0.994. The van der Waals surface area contributed by atoms with Crippen LogP contribution in [0.3, 0.4) is 0 Å². The van der Waals surface area contributed by atoms with E-state index in [1.807, 2.05) is 6.07 Å². The van der Waals surface area contributed by atoms with Crippen LogP contribution in [0.15, 0.2) is 54.6 Å². The average molecular weight is 255 g/mol. The van der Waals surface area contributed by atoms with Gasteiger partial charge >= 0.3 is 5.97 Å². The lowest BCUT2D eigenvalue weighted by atomic mass is 10.1. The number of ether oxygens (including phenoxy) is 1. The molecule has 2 aromatic carbocycles. The Hall–Kier alpha value is -2.67. The topological polar surface area (TPSA) is 50.1 Å². The van der Waals surface area contributed by atoms with Crippen molar-refractivity contribution in [1.29, 1.82) is 5.26 Å². The monoisotopic (exact) mass is 255 g/mol. The number of esters is 1. The van der Waals surface area contributed by atoms with Crippen molar-refractivity contribution in [1.82, 2.24) is 0 Å². The van der Waals surface area contributed by atoms with Gasteiger partial charge < -0.3 is 4.74 Å². The van der Waals surface area contributed by atoms with Gasteiger partial charge in [0, 0.05) is 5.56 Å². The van der Waals surface area contributed by atoms with Crippen molar-refractivity contribution >= 4 is 5.97 Å². The zero-order valence-electron chi connectivity index (χ0n) is 9.92.